The Morgan fingerprint density at radius 2 is 2.00 bits per heavy atom. The quantitative estimate of drug-likeness (QED) is 0.736. The number of nitrogens with zero attached hydrogens (tertiary/aromatic N) is 2. The van der Waals surface area contributed by atoms with Crippen molar-refractivity contribution in [1.82, 2.24) is 15.3 Å². The number of hydrogen-bond donors (Lipinski definition) is 2. The van der Waals surface area contributed by atoms with E-state index in [-0.39, 0.29) is 23.8 Å². The summed E-state index contributed by atoms with van der Waals surface area (Å²) in [5.41, 5.74) is 2.72. The second kappa shape index (κ2) is 7.65. The first-order valence-electron chi connectivity index (χ1n) is 8.15. The van der Waals surface area contributed by atoms with Crippen LogP contribution in [0.15, 0.2) is 54.9 Å². The van der Waals surface area contributed by atoms with E-state index in [1.807, 2.05) is 32.0 Å². The van der Waals surface area contributed by atoms with Gasteiger partial charge in [0.25, 0.3) is 5.91 Å². The van der Waals surface area contributed by atoms with Crippen molar-refractivity contribution >= 4 is 5.91 Å². The molecule has 0 aliphatic heterocycles. The first-order valence-corrected chi connectivity index (χ1v) is 8.15. The Labute approximate surface area is 151 Å². The number of phenols is 1. The molecule has 0 saturated heterocycles. The summed E-state index contributed by atoms with van der Waals surface area (Å²) in [6, 6.07) is 12.2. The molecule has 0 bridgehead atoms. The lowest BCUT2D eigenvalue weighted by molar-refractivity contribution is 0.0948. The molecule has 1 amide bonds. The fourth-order valence-corrected chi connectivity index (χ4v) is 2.38. The van der Waals surface area contributed by atoms with Gasteiger partial charge in [0.05, 0.1) is 11.8 Å². The largest absolute Gasteiger partial charge is 0.507 e. The molecule has 2 heterocycles. The van der Waals surface area contributed by atoms with Gasteiger partial charge in [-0.1, -0.05) is 12.1 Å². The molecule has 3 rings (SSSR count). The summed E-state index contributed by atoms with van der Waals surface area (Å²) in [5, 5.41) is 12.7. The average molecular weight is 349 g/mol. The zero-order valence-corrected chi connectivity index (χ0v) is 14.6. The molecule has 0 saturated carbocycles. The first-order chi connectivity index (χ1) is 12.5. The van der Waals surface area contributed by atoms with Crippen molar-refractivity contribution < 1.29 is 14.6 Å². The number of aryl methyl sites for hydroxylation is 2. The Hall–Kier alpha value is -3.41. The van der Waals surface area contributed by atoms with E-state index in [2.05, 4.69) is 15.3 Å². The molecule has 0 radical (unpaired) electrons. The Kier molecular flexibility index (Phi) is 5.12. The number of hydrogen-bond acceptors (Lipinski definition) is 5. The summed E-state index contributed by atoms with van der Waals surface area (Å²) in [4.78, 5) is 20.7. The topological polar surface area (TPSA) is 84.3 Å². The van der Waals surface area contributed by atoms with Crippen LogP contribution in [0.2, 0.25) is 0 Å². The molecule has 0 unspecified atom stereocenters. The van der Waals surface area contributed by atoms with Gasteiger partial charge >= 0.3 is 0 Å². The maximum absolute atomic E-state index is 12.3. The van der Waals surface area contributed by atoms with E-state index in [0.29, 0.717) is 17.2 Å². The molecule has 0 aliphatic carbocycles. The van der Waals surface area contributed by atoms with Crippen molar-refractivity contribution in [3.8, 4) is 17.4 Å². The highest BCUT2D eigenvalue weighted by Crippen LogP contribution is 2.23. The zero-order chi connectivity index (χ0) is 18.5. The summed E-state index contributed by atoms with van der Waals surface area (Å²) in [6.07, 6.45) is 3.24. The number of nitrogens with one attached hydrogen (secondary N) is 1. The molecule has 1 aromatic carbocycles. The van der Waals surface area contributed by atoms with Crippen LogP contribution in [0.4, 0.5) is 0 Å². The average Bonchev–Trinajstić information content (AvgIpc) is 2.62. The van der Waals surface area contributed by atoms with Crippen LogP contribution in [0.25, 0.3) is 0 Å². The van der Waals surface area contributed by atoms with E-state index in [0.717, 1.165) is 11.3 Å². The summed E-state index contributed by atoms with van der Waals surface area (Å²) in [6.45, 7) is 3.96. The first kappa shape index (κ1) is 17.4. The molecule has 26 heavy (non-hydrogen) atoms. The van der Waals surface area contributed by atoms with Gasteiger partial charge < -0.3 is 15.2 Å². The van der Waals surface area contributed by atoms with Gasteiger partial charge in [0.2, 0.25) is 5.88 Å². The van der Waals surface area contributed by atoms with Gasteiger partial charge in [-0.25, -0.2) is 4.98 Å². The molecular formula is C20H19N3O3. The molecule has 132 valence electrons. The fourth-order valence-electron chi connectivity index (χ4n) is 2.38. The maximum Gasteiger partial charge on any atom is 0.255 e. The van der Waals surface area contributed by atoms with Crippen LogP contribution in [0.3, 0.4) is 0 Å². The number of amides is 1. The Morgan fingerprint density at radius 1 is 1.15 bits per heavy atom. The summed E-state index contributed by atoms with van der Waals surface area (Å²) in [7, 11) is 0. The highest BCUT2D eigenvalue weighted by atomic mass is 16.5. The van der Waals surface area contributed by atoms with Gasteiger partial charge in [-0.3, -0.25) is 9.78 Å². The number of aromatic hydroxyl groups is 1. The van der Waals surface area contributed by atoms with Crippen molar-refractivity contribution in [3.63, 3.8) is 0 Å². The monoisotopic (exact) mass is 349 g/mol. The second-order valence-electron chi connectivity index (χ2n) is 5.91. The second-order valence-corrected chi connectivity index (χ2v) is 5.91. The number of pyridine rings is 2. The minimum Gasteiger partial charge on any atom is -0.507 e. The van der Waals surface area contributed by atoms with Crippen LogP contribution in [0, 0.1) is 13.8 Å². The Morgan fingerprint density at radius 3 is 2.73 bits per heavy atom. The van der Waals surface area contributed by atoms with Gasteiger partial charge in [0, 0.05) is 24.0 Å². The molecular weight excluding hydrogens is 330 g/mol. The number of carbonyl (C=O) groups is 1. The molecule has 0 atom stereocenters. The van der Waals surface area contributed by atoms with Crippen LogP contribution in [0.5, 0.6) is 17.4 Å². The van der Waals surface area contributed by atoms with Gasteiger partial charge in [0.1, 0.15) is 11.5 Å². The number of ether oxygens (including phenoxy) is 1. The normalized spacial score (nSPS) is 10.4. The van der Waals surface area contributed by atoms with Gasteiger partial charge in [0.15, 0.2) is 0 Å². The van der Waals surface area contributed by atoms with Crippen molar-refractivity contribution in [2.24, 2.45) is 0 Å². The van der Waals surface area contributed by atoms with Crippen molar-refractivity contribution in [2.75, 3.05) is 0 Å². The minimum absolute atomic E-state index is 0.0455. The summed E-state index contributed by atoms with van der Waals surface area (Å²) >= 11 is 0. The fraction of sp³-hybridized carbons (Fsp3) is 0.150. The molecule has 6 nitrogen and oxygen atoms in total. The molecule has 2 aromatic heterocycles. The van der Waals surface area contributed by atoms with E-state index in [1.54, 1.807) is 36.7 Å². The lowest BCUT2D eigenvalue weighted by Crippen LogP contribution is -2.23. The van der Waals surface area contributed by atoms with E-state index in [1.165, 1.54) is 0 Å². The van der Waals surface area contributed by atoms with E-state index >= 15 is 0 Å². The number of aromatic nitrogens is 2. The number of carbonyl (C=O) groups excluding carboxylic acids is 1. The molecule has 0 spiro atoms. The van der Waals surface area contributed by atoms with Crippen molar-refractivity contribution in [3.05, 3.63) is 77.2 Å². The lowest BCUT2D eigenvalue weighted by Gasteiger charge is -2.11. The van der Waals surface area contributed by atoms with Crippen LogP contribution < -0.4 is 10.1 Å². The van der Waals surface area contributed by atoms with E-state index in [4.69, 9.17) is 4.74 Å². The van der Waals surface area contributed by atoms with Gasteiger partial charge in [-0.05, 0) is 49.7 Å². The van der Waals surface area contributed by atoms with Crippen molar-refractivity contribution in [2.45, 2.75) is 20.4 Å². The van der Waals surface area contributed by atoms with Crippen LogP contribution >= 0.6 is 0 Å². The Balaban J connectivity index is 1.72. The molecule has 3 aromatic rings. The maximum atomic E-state index is 12.3. The molecule has 6 heteroatoms. The smallest absolute Gasteiger partial charge is 0.255 e. The number of benzene rings is 1. The van der Waals surface area contributed by atoms with Crippen LogP contribution in [-0.2, 0) is 6.54 Å². The third kappa shape index (κ3) is 4.16. The summed E-state index contributed by atoms with van der Waals surface area (Å²) < 4.78 is 5.77. The predicted octanol–water partition coefficient (Wildman–Crippen LogP) is 3.52. The lowest BCUT2D eigenvalue weighted by atomic mass is 10.1. The standard InChI is InChI=1S/C20H19N3O3/c1-13-5-8-17(18(24)10-13)19(25)23-11-15-4-3-9-21-20(15)26-16-7-6-14(2)22-12-16/h3-10,12,24H,11H2,1-2H3,(H,23,25). The number of phenolic OH excluding ortho intramolecular Hbond substituents is 1. The van der Waals surface area contributed by atoms with Crippen LogP contribution in [-0.4, -0.2) is 21.0 Å². The van der Waals surface area contributed by atoms with Crippen molar-refractivity contribution in [1.29, 1.82) is 0 Å². The Bertz CT molecular complexity index is 924. The molecule has 2 N–H and O–H groups in total. The van der Waals surface area contributed by atoms with Gasteiger partial charge in [-0.2, -0.15) is 0 Å². The highest BCUT2D eigenvalue weighted by molar-refractivity contribution is 5.96. The third-order valence-corrected chi connectivity index (χ3v) is 3.79. The minimum atomic E-state index is -0.366. The third-order valence-electron chi connectivity index (χ3n) is 3.79. The molecule has 0 aliphatic rings. The van der Waals surface area contributed by atoms with E-state index < -0.39 is 0 Å². The molecule has 0 fully saturated rings. The zero-order valence-electron chi connectivity index (χ0n) is 14.6. The summed E-state index contributed by atoms with van der Waals surface area (Å²) in [5.74, 6) is 0.551. The highest BCUT2D eigenvalue weighted by Gasteiger charge is 2.13. The SMILES string of the molecule is Cc1ccc(C(=O)NCc2cccnc2Oc2ccc(C)nc2)c(O)c1. The van der Waals surface area contributed by atoms with Gasteiger partial charge in [-0.15, -0.1) is 0 Å². The number of rotatable bonds is 5. The predicted molar refractivity (Wildman–Crippen MR) is 97.3 cm³/mol. The van der Waals surface area contributed by atoms with E-state index in [9.17, 15) is 9.90 Å². The van der Waals surface area contributed by atoms with Crippen LogP contribution in [0.1, 0.15) is 27.2 Å².